The van der Waals surface area contributed by atoms with Gasteiger partial charge >= 0.3 is 0 Å². The minimum absolute atomic E-state index is 0.0809. The summed E-state index contributed by atoms with van der Waals surface area (Å²) in [6.45, 7) is 0.179. The van der Waals surface area contributed by atoms with Gasteiger partial charge in [-0.15, -0.1) is 0 Å². The van der Waals surface area contributed by atoms with E-state index in [9.17, 15) is 9.59 Å². The lowest BCUT2D eigenvalue weighted by Gasteiger charge is -2.38. The van der Waals surface area contributed by atoms with E-state index in [2.05, 4.69) is 0 Å². The van der Waals surface area contributed by atoms with Crippen molar-refractivity contribution in [3.05, 3.63) is 53.2 Å². The summed E-state index contributed by atoms with van der Waals surface area (Å²) in [6, 6.07) is 11.0. The van der Waals surface area contributed by atoms with Gasteiger partial charge in [-0.1, -0.05) is 6.07 Å². The minimum atomic E-state index is -0.308. The highest BCUT2D eigenvalue weighted by Gasteiger charge is 2.41. The van der Waals surface area contributed by atoms with Gasteiger partial charge in [0.15, 0.2) is 17.3 Å². The number of nitrogens with zero attached hydrogens (tertiary/aromatic N) is 1. The SMILES string of the molecule is COc1ccc(OC)c(N2C(=O)CC(c3ccc4c(c3)OCO4)C3=C2CCCC3=O)c1. The van der Waals surface area contributed by atoms with Crippen molar-refractivity contribution in [3.63, 3.8) is 0 Å². The molecular weight excluding hydrogens is 398 g/mol. The van der Waals surface area contributed by atoms with Crippen molar-refractivity contribution in [2.24, 2.45) is 0 Å². The fraction of sp³-hybridized carbons (Fsp3) is 0.333. The molecule has 2 aliphatic heterocycles. The molecule has 0 N–H and O–H groups in total. The normalized spacial score (nSPS) is 20.1. The zero-order chi connectivity index (χ0) is 21.5. The van der Waals surface area contributed by atoms with Gasteiger partial charge in [0.2, 0.25) is 12.7 Å². The Bertz CT molecular complexity index is 1110. The van der Waals surface area contributed by atoms with Gasteiger partial charge in [0.1, 0.15) is 11.5 Å². The lowest BCUT2D eigenvalue weighted by Crippen LogP contribution is -2.40. The molecule has 31 heavy (non-hydrogen) atoms. The van der Waals surface area contributed by atoms with Crippen LogP contribution in [0.5, 0.6) is 23.0 Å². The smallest absolute Gasteiger partial charge is 0.232 e. The van der Waals surface area contributed by atoms with Crippen LogP contribution in [0.15, 0.2) is 47.7 Å². The molecule has 3 aliphatic rings. The zero-order valence-electron chi connectivity index (χ0n) is 17.5. The lowest BCUT2D eigenvalue weighted by molar-refractivity contribution is -0.120. The number of ether oxygens (including phenoxy) is 4. The number of fused-ring (bicyclic) bond motifs is 1. The fourth-order valence-corrected chi connectivity index (χ4v) is 4.66. The number of ketones is 1. The molecule has 1 amide bonds. The summed E-state index contributed by atoms with van der Waals surface area (Å²) in [6.07, 6.45) is 2.03. The standard InChI is InChI=1S/C24H23NO6/c1-28-15-7-9-20(29-2)18(11-15)25-17-4-3-5-19(26)24(17)16(12-23(25)27)14-6-8-21-22(10-14)31-13-30-21/h6-11,16H,3-5,12-13H2,1-2H3. The van der Waals surface area contributed by atoms with Gasteiger partial charge in [-0.25, -0.2) is 0 Å². The zero-order valence-corrected chi connectivity index (χ0v) is 17.5. The molecule has 0 fully saturated rings. The molecule has 1 unspecified atom stereocenters. The maximum Gasteiger partial charge on any atom is 0.232 e. The first kappa shape index (κ1) is 19.5. The summed E-state index contributed by atoms with van der Waals surface area (Å²) < 4.78 is 21.8. The number of amides is 1. The number of methoxy groups -OCH3 is 2. The van der Waals surface area contributed by atoms with Crippen molar-refractivity contribution in [1.29, 1.82) is 0 Å². The van der Waals surface area contributed by atoms with Gasteiger partial charge in [0, 0.05) is 36.1 Å². The molecule has 0 radical (unpaired) electrons. The predicted molar refractivity (Wildman–Crippen MR) is 113 cm³/mol. The Kier molecular flexibility index (Phi) is 4.81. The summed E-state index contributed by atoms with van der Waals surface area (Å²) in [7, 11) is 3.14. The number of carbonyl (C=O) groups is 2. The van der Waals surface area contributed by atoms with Crippen LogP contribution in [0.4, 0.5) is 5.69 Å². The minimum Gasteiger partial charge on any atom is -0.497 e. The van der Waals surface area contributed by atoms with Crippen LogP contribution in [0.2, 0.25) is 0 Å². The number of anilines is 1. The van der Waals surface area contributed by atoms with E-state index in [0.717, 1.165) is 11.3 Å². The first-order chi connectivity index (χ1) is 15.1. The number of allylic oxidation sites excluding steroid dienone is 2. The Morgan fingerprint density at radius 2 is 1.81 bits per heavy atom. The van der Waals surface area contributed by atoms with E-state index in [1.807, 2.05) is 18.2 Å². The summed E-state index contributed by atoms with van der Waals surface area (Å²) in [4.78, 5) is 28.2. The largest absolute Gasteiger partial charge is 0.497 e. The van der Waals surface area contributed by atoms with Gasteiger partial charge in [-0.05, 0) is 42.7 Å². The van der Waals surface area contributed by atoms with Gasteiger partial charge < -0.3 is 18.9 Å². The van der Waals surface area contributed by atoms with Crippen LogP contribution in [0, 0.1) is 0 Å². The Hall–Kier alpha value is -3.48. The van der Waals surface area contributed by atoms with Crippen LogP contribution in [0.25, 0.3) is 0 Å². The number of carbonyl (C=O) groups excluding carboxylic acids is 2. The van der Waals surface area contributed by atoms with Crippen molar-refractivity contribution in [2.45, 2.75) is 31.6 Å². The van der Waals surface area contributed by atoms with E-state index >= 15 is 0 Å². The van der Waals surface area contributed by atoms with E-state index in [0.29, 0.717) is 53.5 Å². The molecule has 0 spiro atoms. The highest BCUT2D eigenvalue weighted by Crippen LogP contribution is 2.47. The maximum absolute atomic E-state index is 13.5. The van der Waals surface area contributed by atoms with Crippen LogP contribution in [0.3, 0.4) is 0 Å². The molecule has 2 aromatic rings. The van der Waals surface area contributed by atoms with Crippen LogP contribution in [0.1, 0.15) is 37.2 Å². The van der Waals surface area contributed by atoms with Crippen LogP contribution >= 0.6 is 0 Å². The summed E-state index contributed by atoms with van der Waals surface area (Å²) in [5.41, 5.74) is 2.94. The fourth-order valence-electron chi connectivity index (χ4n) is 4.66. The molecule has 0 saturated heterocycles. The van der Waals surface area contributed by atoms with Crippen molar-refractivity contribution in [3.8, 4) is 23.0 Å². The van der Waals surface area contributed by atoms with Gasteiger partial charge in [-0.2, -0.15) is 0 Å². The van der Waals surface area contributed by atoms with E-state index in [4.69, 9.17) is 18.9 Å². The second kappa shape index (κ2) is 7.65. The molecule has 2 heterocycles. The van der Waals surface area contributed by atoms with Gasteiger partial charge in [0.05, 0.1) is 19.9 Å². The number of Topliss-reactive ketones (excluding diaryl/α,β-unsaturated/α-hetero) is 1. The molecular formula is C24H23NO6. The third kappa shape index (κ3) is 3.21. The van der Waals surface area contributed by atoms with Crippen LogP contribution in [-0.2, 0) is 9.59 Å². The molecule has 0 aromatic heterocycles. The lowest BCUT2D eigenvalue weighted by atomic mass is 9.77. The Labute approximate surface area is 180 Å². The van der Waals surface area contributed by atoms with Crippen molar-refractivity contribution >= 4 is 17.4 Å². The highest BCUT2D eigenvalue weighted by molar-refractivity contribution is 6.08. The van der Waals surface area contributed by atoms with Gasteiger partial charge in [0.25, 0.3) is 0 Å². The van der Waals surface area contributed by atoms with E-state index in [1.165, 1.54) is 0 Å². The molecule has 7 heteroatoms. The highest BCUT2D eigenvalue weighted by atomic mass is 16.7. The monoisotopic (exact) mass is 421 g/mol. The first-order valence-corrected chi connectivity index (χ1v) is 10.3. The molecule has 0 bridgehead atoms. The molecule has 5 rings (SSSR count). The predicted octanol–water partition coefficient (Wildman–Crippen LogP) is 3.96. The average Bonchev–Trinajstić information content (AvgIpc) is 3.26. The third-order valence-corrected chi connectivity index (χ3v) is 6.10. The number of benzene rings is 2. The molecule has 0 saturated carbocycles. The number of hydrogen-bond acceptors (Lipinski definition) is 6. The number of rotatable bonds is 4. The van der Waals surface area contributed by atoms with E-state index < -0.39 is 0 Å². The molecule has 1 atom stereocenters. The Morgan fingerprint density at radius 1 is 0.968 bits per heavy atom. The molecule has 1 aliphatic carbocycles. The van der Waals surface area contributed by atoms with Crippen LogP contribution in [-0.4, -0.2) is 32.7 Å². The van der Waals surface area contributed by atoms with Crippen molar-refractivity contribution in [2.75, 3.05) is 25.9 Å². The first-order valence-electron chi connectivity index (χ1n) is 10.3. The second-order valence-corrected chi connectivity index (χ2v) is 7.77. The molecule has 7 nitrogen and oxygen atoms in total. The van der Waals surface area contributed by atoms with Gasteiger partial charge in [-0.3, -0.25) is 14.5 Å². The Morgan fingerprint density at radius 3 is 2.61 bits per heavy atom. The van der Waals surface area contributed by atoms with Crippen molar-refractivity contribution < 1.29 is 28.5 Å². The Balaban J connectivity index is 1.65. The molecule has 2 aromatic carbocycles. The summed E-state index contributed by atoms with van der Waals surface area (Å²) in [5.74, 6) is 2.19. The topological polar surface area (TPSA) is 74.3 Å². The average molecular weight is 421 g/mol. The van der Waals surface area contributed by atoms with Crippen LogP contribution < -0.4 is 23.8 Å². The quantitative estimate of drug-likeness (QED) is 0.744. The van der Waals surface area contributed by atoms with Crippen molar-refractivity contribution in [1.82, 2.24) is 0 Å². The second-order valence-electron chi connectivity index (χ2n) is 7.77. The summed E-state index contributed by atoms with van der Waals surface area (Å²) in [5, 5.41) is 0. The molecule has 160 valence electrons. The number of hydrogen-bond donors (Lipinski definition) is 0. The third-order valence-electron chi connectivity index (χ3n) is 6.10. The van der Waals surface area contributed by atoms with E-state index in [-0.39, 0.29) is 30.8 Å². The summed E-state index contributed by atoms with van der Waals surface area (Å²) >= 11 is 0. The van der Waals surface area contributed by atoms with E-state index in [1.54, 1.807) is 37.3 Å². The maximum atomic E-state index is 13.5.